The number of hydrogen-bond donors (Lipinski definition) is 2. The SMILES string of the molecule is CCCCCCCCCCCCCCCCCCCCC(C(=O)O)[Si](C)(C)CO. The van der Waals surface area contributed by atoms with E-state index in [1.807, 2.05) is 13.1 Å². The van der Waals surface area contributed by atoms with E-state index >= 15 is 0 Å². The Morgan fingerprint density at radius 2 is 0.966 bits per heavy atom. The van der Waals surface area contributed by atoms with E-state index in [0.717, 1.165) is 19.3 Å². The Kier molecular flexibility index (Phi) is 19.4. The number of carbonyl (C=O) groups is 1. The third-order valence-corrected chi connectivity index (χ3v) is 9.73. The predicted molar refractivity (Wildman–Crippen MR) is 129 cm³/mol. The van der Waals surface area contributed by atoms with E-state index in [9.17, 15) is 15.0 Å². The zero-order valence-corrected chi connectivity index (χ0v) is 21.0. The van der Waals surface area contributed by atoms with Crippen LogP contribution in [0.5, 0.6) is 0 Å². The maximum atomic E-state index is 11.4. The molecule has 0 aromatic carbocycles. The van der Waals surface area contributed by atoms with Crippen LogP contribution in [0.3, 0.4) is 0 Å². The first-order valence-electron chi connectivity index (χ1n) is 12.8. The lowest BCUT2D eigenvalue weighted by Gasteiger charge is -2.27. The van der Waals surface area contributed by atoms with Crippen LogP contribution in [-0.4, -0.2) is 30.5 Å². The summed E-state index contributed by atoms with van der Waals surface area (Å²) in [7, 11) is -2.03. The smallest absolute Gasteiger partial charge is 0.303 e. The molecule has 0 aromatic heterocycles. The maximum Gasteiger partial charge on any atom is 0.303 e. The molecule has 1 atom stereocenters. The normalized spacial score (nSPS) is 13.0. The molecule has 0 fully saturated rings. The average Bonchev–Trinajstić information content (AvgIpc) is 2.69. The van der Waals surface area contributed by atoms with Crippen LogP contribution in [0.25, 0.3) is 0 Å². The van der Waals surface area contributed by atoms with Gasteiger partial charge in [-0.05, 0) is 6.42 Å². The van der Waals surface area contributed by atoms with Crippen molar-refractivity contribution < 1.29 is 15.0 Å². The van der Waals surface area contributed by atoms with Gasteiger partial charge in [0.1, 0.15) is 0 Å². The zero-order chi connectivity index (χ0) is 21.8. The number of aliphatic hydroxyl groups is 1. The number of aliphatic hydroxyl groups excluding tert-OH is 1. The van der Waals surface area contributed by atoms with Crippen molar-refractivity contribution in [3.8, 4) is 0 Å². The third kappa shape index (κ3) is 17.1. The van der Waals surface area contributed by atoms with Crippen molar-refractivity contribution in [3.05, 3.63) is 0 Å². The van der Waals surface area contributed by atoms with E-state index in [-0.39, 0.29) is 11.8 Å². The molecular weight excluding hydrogens is 376 g/mol. The van der Waals surface area contributed by atoms with Crippen LogP contribution in [0.4, 0.5) is 0 Å². The molecule has 0 saturated carbocycles. The maximum absolute atomic E-state index is 11.4. The van der Waals surface area contributed by atoms with Gasteiger partial charge in [-0.25, -0.2) is 0 Å². The van der Waals surface area contributed by atoms with Crippen molar-refractivity contribution in [1.82, 2.24) is 0 Å². The van der Waals surface area contributed by atoms with Crippen molar-refractivity contribution in [3.63, 3.8) is 0 Å². The molecule has 0 radical (unpaired) electrons. The van der Waals surface area contributed by atoms with Crippen LogP contribution in [0, 0.1) is 0 Å². The molecule has 0 rings (SSSR count). The van der Waals surface area contributed by atoms with Gasteiger partial charge in [-0.3, -0.25) is 4.79 Å². The van der Waals surface area contributed by atoms with Crippen LogP contribution in [0.2, 0.25) is 18.6 Å². The molecule has 0 aromatic rings. The number of carboxylic acids is 1. The van der Waals surface area contributed by atoms with Crippen molar-refractivity contribution in [2.45, 2.75) is 148 Å². The summed E-state index contributed by atoms with van der Waals surface area (Å²) in [5.41, 5.74) is -0.298. The summed E-state index contributed by atoms with van der Waals surface area (Å²) in [5.74, 6) is -0.706. The molecule has 0 bridgehead atoms. The zero-order valence-electron chi connectivity index (χ0n) is 20.0. The number of rotatable bonds is 22. The van der Waals surface area contributed by atoms with Gasteiger partial charge in [0, 0.05) is 6.23 Å². The van der Waals surface area contributed by atoms with Gasteiger partial charge in [-0.1, -0.05) is 136 Å². The Labute approximate surface area is 183 Å². The van der Waals surface area contributed by atoms with Crippen LogP contribution in [0.15, 0.2) is 0 Å². The van der Waals surface area contributed by atoms with E-state index in [0.29, 0.717) is 0 Å². The fourth-order valence-corrected chi connectivity index (χ4v) is 6.08. The predicted octanol–water partition coefficient (Wildman–Crippen LogP) is 8.11. The molecule has 0 aliphatic rings. The number of aliphatic carboxylic acids is 1. The van der Waals surface area contributed by atoms with Crippen molar-refractivity contribution in [2.24, 2.45) is 0 Å². The number of unbranched alkanes of at least 4 members (excludes halogenated alkanes) is 17. The van der Waals surface area contributed by atoms with Crippen LogP contribution < -0.4 is 0 Å². The van der Waals surface area contributed by atoms with Gasteiger partial charge in [0.2, 0.25) is 0 Å². The lowest BCUT2D eigenvalue weighted by atomic mass is 10.0. The highest BCUT2D eigenvalue weighted by atomic mass is 28.3. The summed E-state index contributed by atoms with van der Waals surface area (Å²) in [5, 5.41) is 18.9. The standard InChI is InChI=1S/C25H52O3Si/c1-4-5-6-7-8-9-10-11-12-13-14-15-16-17-18-19-20-21-22-24(25(27)28)29(2,3)23-26/h24,26H,4-23H2,1-3H3,(H,27,28). The molecule has 0 aliphatic carbocycles. The average molecular weight is 429 g/mol. The summed E-state index contributed by atoms with van der Waals surface area (Å²) in [6.07, 6.45) is 25.2. The molecule has 0 amide bonds. The van der Waals surface area contributed by atoms with E-state index in [1.54, 1.807) is 0 Å². The Bertz CT molecular complexity index is 371. The number of hydrogen-bond acceptors (Lipinski definition) is 2. The summed E-state index contributed by atoms with van der Waals surface area (Å²) >= 11 is 0. The Balaban J connectivity index is 3.34. The number of carboxylic acid groups (broad SMARTS) is 1. The highest BCUT2D eigenvalue weighted by molar-refractivity contribution is 6.81. The van der Waals surface area contributed by atoms with E-state index in [4.69, 9.17) is 0 Å². The first-order chi connectivity index (χ1) is 14.0. The van der Waals surface area contributed by atoms with E-state index in [2.05, 4.69) is 6.92 Å². The monoisotopic (exact) mass is 428 g/mol. The van der Waals surface area contributed by atoms with Gasteiger partial charge < -0.3 is 10.2 Å². The molecule has 0 aliphatic heterocycles. The summed E-state index contributed by atoms with van der Waals surface area (Å²) in [6, 6.07) is 0. The molecule has 3 nitrogen and oxygen atoms in total. The highest BCUT2D eigenvalue weighted by Crippen LogP contribution is 2.28. The topological polar surface area (TPSA) is 57.5 Å². The van der Waals surface area contributed by atoms with E-state index < -0.39 is 14.0 Å². The second-order valence-corrected chi connectivity index (χ2v) is 14.8. The molecule has 0 saturated heterocycles. The van der Waals surface area contributed by atoms with Gasteiger partial charge in [-0.2, -0.15) is 0 Å². The first kappa shape index (κ1) is 28.6. The fraction of sp³-hybridized carbons (Fsp3) is 0.960. The molecule has 0 spiro atoms. The summed E-state index contributed by atoms with van der Waals surface area (Å²) < 4.78 is 0. The van der Waals surface area contributed by atoms with Gasteiger partial charge in [0.05, 0.1) is 13.6 Å². The minimum absolute atomic E-state index is 0.0724. The summed E-state index contributed by atoms with van der Waals surface area (Å²) in [6.45, 7) is 6.25. The third-order valence-electron chi connectivity index (χ3n) is 6.50. The lowest BCUT2D eigenvalue weighted by Crippen LogP contribution is -2.41. The van der Waals surface area contributed by atoms with Gasteiger partial charge in [0.25, 0.3) is 0 Å². The van der Waals surface area contributed by atoms with Gasteiger partial charge >= 0.3 is 5.97 Å². The van der Waals surface area contributed by atoms with Crippen LogP contribution in [-0.2, 0) is 4.79 Å². The Morgan fingerprint density at radius 1 is 0.655 bits per heavy atom. The van der Waals surface area contributed by atoms with Gasteiger partial charge in [-0.15, -0.1) is 0 Å². The molecule has 29 heavy (non-hydrogen) atoms. The fourth-order valence-electron chi connectivity index (χ4n) is 4.21. The van der Waals surface area contributed by atoms with Crippen molar-refractivity contribution in [2.75, 3.05) is 6.23 Å². The molecule has 174 valence electrons. The Morgan fingerprint density at radius 3 is 1.24 bits per heavy atom. The largest absolute Gasteiger partial charge is 0.481 e. The minimum Gasteiger partial charge on any atom is -0.481 e. The van der Waals surface area contributed by atoms with Crippen molar-refractivity contribution in [1.29, 1.82) is 0 Å². The second-order valence-electron chi connectivity index (χ2n) is 9.84. The Hall–Kier alpha value is -0.353. The van der Waals surface area contributed by atoms with E-state index in [1.165, 1.54) is 103 Å². The molecular formula is C25H52O3Si. The molecule has 1 unspecified atom stereocenters. The molecule has 4 heteroatoms. The molecule has 2 N–H and O–H groups in total. The van der Waals surface area contributed by atoms with Gasteiger partial charge in [0.15, 0.2) is 0 Å². The minimum atomic E-state index is -2.03. The highest BCUT2D eigenvalue weighted by Gasteiger charge is 2.36. The van der Waals surface area contributed by atoms with Crippen molar-refractivity contribution >= 4 is 14.0 Å². The second kappa shape index (κ2) is 19.6. The summed E-state index contributed by atoms with van der Waals surface area (Å²) in [4.78, 5) is 11.4. The van der Waals surface area contributed by atoms with Crippen LogP contribution in [0.1, 0.15) is 129 Å². The first-order valence-corrected chi connectivity index (χ1v) is 16.1. The van der Waals surface area contributed by atoms with Crippen LogP contribution >= 0.6 is 0 Å². The lowest BCUT2D eigenvalue weighted by molar-refractivity contribution is -0.137. The molecule has 0 heterocycles. The quantitative estimate of drug-likeness (QED) is 0.135.